The van der Waals surface area contributed by atoms with Crippen LogP contribution in [-0.2, 0) is 0 Å². The first-order valence-corrected chi connectivity index (χ1v) is 6.25. The van der Waals surface area contributed by atoms with E-state index in [1.165, 1.54) is 17.3 Å². The molecule has 0 aliphatic heterocycles. The van der Waals surface area contributed by atoms with Gasteiger partial charge in [-0.1, -0.05) is 0 Å². The molecule has 3 aromatic rings. The molecule has 3 N–H and O–H groups in total. The van der Waals surface area contributed by atoms with Crippen molar-refractivity contribution in [3.8, 4) is 5.95 Å². The summed E-state index contributed by atoms with van der Waals surface area (Å²) in [7, 11) is 0. The number of nitrogen functional groups attached to an aromatic ring is 1. The van der Waals surface area contributed by atoms with Crippen LogP contribution in [0.25, 0.3) is 5.95 Å². The van der Waals surface area contributed by atoms with Gasteiger partial charge < -0.3 is 11.1 Å². The van der Waals surface area contributed by atoms with Crippen molar-refractivity contribution >= 4 is 11.9 Å². The van der Waals surface area contributed by atoms with Gasteiger partial charge in [-0.2, -0.15) is 24.7 Å². The van der Waals surface area contributed by atoms with E-state index in [9.17, 15) is 0 Å². The van der Waals surface area contributed by atoms with Crippen LogP contribution in [0.15, 0.2) is 37.2 Å². The first-order chi connectivity index (χ1) is 10.2. The van der Waals surface area contributed by atoms with Crippen molar-refractivity contribution in [2.45, 2.75) is 13.0 Å². The molecule has 0 radical (unpaired) electrons. The summed E-state index contributed by atoms with van der Waals surface area (Å²) in [6, 6.07) is 3.83. The van der Waals surface area contributed by atoms with E-state index in [1.807, 2.05) is 19.1 Å². The van der Waals surface area contributed by atoms with Gasteiger partial charge in [0.2, 0.25) is 11.9 Å². The lowest BCUT2D eigenvalue weighted by molar-refractivity contribution is 0.785. The van der Waals surface area contributed by atoms with E-state index >= 15 is 0 Å². The predicted octanol–water partition coefficient (Wildman–Crippen LogP) is 0.603. The van der Waals surface area contributed by atoms with Gasteiger partial charge in [0.1, 0.15) is 12.7 Å². The lowest BCUT2D eigenvalue weighted by Gasteiger charge is -2.14. The summed E-state index contributed by atoms with van der Waals surface area (Å²) < 4.78 is 1.42. The van der Waals surface area contributed by atoms with Gasteiger partial charge in [0.05, 0.1) is 6.04 Å². The van der Waals surface area contributed by atoms with E-state index in [1.54, 1.807) is 12.4 Å². The second-order valence-corrected chi connectivity index (χ2v) is 4.30. The average molecular weight is 283 g/mol. The molecule has 0 fully saturated rings. The van der Waals surface area contributed by atoms with Crippen molar-refractivity contribution in [3.05, 3.63) is 42.7 Å². The number of anilines is 2. The van der Waals surface area contributed by atoms with Crippen LogP contribution in [0, 0.1) is 0 Å². The van der Waals surface area contributed by atoms with Crippen LogP contribution < -0.4 is 11.1 Å². The Kier molecular flexibility index (Phi) is 3.37. The molecular weight excluding hydrogens is 270 g/mol. The normalized spacial score (nSPS) is 12.0. The number of nitrogens with two attached hydrogens (primary N) is 1. The van der Waals surface area contributed by atoms with Crippen LogP contribution in [0.1, 0.15) is 18.5 Å². The Balaban J connectivity index is 1.86. The molecule has 1 atom stereocenters. The first-order valence-electron chi connectivity index (χ1n) is 6.25. The summed E-state index contributed by atoms with van der Waals surface area (Å²) in [6.45, 7) is 1.99. The number of nitrogens with one attached hydrogen (secondary N) is 1. The minimum absolute atomic E-state index is 0.00148. The quantitative estimate of drug-likeness (QED) is 0.714. The van der Waals surface area contributed by atoms with E-state index in [0.29, 0.717) is 11.9 Å². The summed E-state index contributed by atoms with van der Waals surface area (Å²) in [6.07, 6.45) is 6.35. The molecule has 21 heavy (non-hydrogen) atoms. The molecule has 0 aliphatic rings. The van der Waals surface area contributed by atoms with Crippen molar-refractivity contribution < 1.29 is 0 Å². The highest BCUT2D eigenvalue weighted by molar-refractivity contribution is 5.37. The molecule has 0 saturated carbocycles. The van der Waals surface area contributed by atoms with Crippen LogP contribution in [-0.4, -0.2) is 34.7 Å². The molecule has 3 heterocycles. The highest BCUT2D eigenvalue weighted by atomic mass is 15.4. The van der Waals surface area contributed by atoms with Crippen molar-refractivity contribution in [1.29, 1.82) is 0 Å². The predicted molar refractivity (Wildman–Crippen MR) is 75.4 cm³/mol. The molecule has 9 nitrogen and oxygen atoms in total. The van der Waals surface area contributed by atoms with E-state index in [4.69, 9.17) is 5.73 Å². The molecule has 0 bridgehead atoms. The fourth-order valence-corrected chi connectivity index (χ4v) is 1.79. The third-order valence-electron chi connectivity index (χ3n) is 2.82. The van der Waals surface area contributed by atoms with Crippen LogP contribution in [0.3, 0.4) is 0 Å². The van der Waals surface area contributed by atoms with E-state index in [-0.39, 0.29) is 12.0 Å². The van der Waals surface area contributed by atoms with Gasteiger partial charge in [-0.25, -0.2) is 4.98 Å². The molecule has 0 amide bonds. The minimum Gasteiger partial charge on any atom is -0.368 e. The Morgan fingerprint density at radius 3 is 2.67 bits per heavy atom. The smallest absolute Gasteiger partial charge is 0.258 e. The van der Waals surface area contributed by atoms with E-state index < -0.39 is 0 Å². The second kappa shape index (κ2) is 5.49. The fraction of sp³-hybridized carbons (Fsp3) is 0.167. The maximum Gasteiger partial charge on any atom is 0.258 e. The largest absolute Gasteiger partial charge is 0.368 e. The van der Waals surface area contributed by atoms with Gasteiger partial charge in [-0.05, 0) is 24.6 Å². The summed E-state index contributed by atoms with van der Waals surface area (Å²) in [5.74, 6) is 0.793. The summed E-state index contributed by atoms with van der Waals surface area (Å²) >= 11 is 0. The standard InChI is InChI=1S/C12H13N9/c1-8(9-2-4-14-5-3-9)17-11-18-10(13)19-12(20-11)21-7-15-6-16-21/h2-8H,1H3,(H3,13,17,18,19,20). The lowest BCUT2D eigenvalue weighted by atomic mass is 10.1. The lowest BCUT2D eigenvalue weighted by Crippen LogP contribution is -2.14. The highest BCUT2D eigenvalue weighted by Crippen LogP contribution is 2.16. The number of pyridine rings is 1. The zero-order valence-corrected chi connectivity index (χ0v) is 11.2. The van der Waals surface area contributed by atoms with Gasteiger partial charge in [-0.3, -0.25) is 4.98 Å². The molecular formula is C12H13N9. The molecule has 3 aromatic heterocycles. The highest BCUT2D eigenvalue weighted by Gasteiger charge is 2.10. The van der Waals surface area contributed by atoms with Crippen molar-refractivity contribution in [1.82, 2.24) is 34.7 Å². The zero-order chi connectivity index (χ0) is 14.7. The zero-order valence-electron chi connectivity index (χ0n) is 11.2. The fourth-order valence-electron chi connectivity index (χ4n) is 1.79. The molecule has 0 aromatic carbocycles. The van der Waals surface area contributed by atoms with E-state index in [0.717, 1.165) is 5.56 Å². The van der Waals surface area contributed by atoms with Crippen LogP contribution in [0.2, 0.25) is 0 Å². The molecule has 3 rings (SSSR count). The van der Waals surface area contributed by atoms with Crippen LogP contribution >= 0.6 is 0 Å². The average Bonchev–Trinajstić information content (AvgIpc) is 3.02. The number of hydrogen-bond donors (Lipinski definition) is 2. The third kappa shape index (κ3) is 2.91. The van der Waals surface area contributed by atoms with Gasteiger partial charge in [0.15, 0.2) is 0 Å². The first kappa shape index (κ1) is 12.9. The SMILES string of the molecule is CC(Nc1nc(N)nc(-n2cncn2)n1)c1ccncc1. The van der Waals surface area contributed by atoms with Gasteiger partial charge in [0, 0.05) is 12.4 Å². The Morgan fingerprint density at radius 1 is 1.14 bits per heavy atom. The van der Waals surface area contributed by atoms with Gasteiger partial charge in [0.25, 0.3) is 5.95 Å². The molecule has 0 aliphatic carbocycles. The molecule has 0 spiro atoms. The Bertz CT molecular complexity index is 711. The molecule has 106 valence electrons. The monoisotopic (exact) mass is 283 g/mol. The number of hydrogen-bond acceptors (Lipinski definition) is 8. The van der Waals surface area contributed by atoms with E-state index in [2.05, 4.69) is 35.3 Å². The Morgan fingerprint density at radius 2 is 1.95 bits per heavy atom. The third-order valence-corrected chi connectivity index (χ3v) is 2.82. The molecule has 1 unspecified atom stereocenters. The number of aromatic nitrogens is 7. The van der Waals surface area contributed by atoms with Crippen LogP contribution in [0.5, 0.6) is 0 Å². The minimum atomic E-state index is -0.00148. The van der Waals surface area contributed by atoms with Gasteiger partial charge in [-0.15, -0.1) is 0 Å². The Hall–Kier alpha value is -3.10. The maximum atomic E-state index is 5.71. The Labute approximate surface area is 120 Å². The van der Waals surface area contributed by atoms with Gasteiger partial charge >= 0.3 is 0 Å². The summed E-state index contributed by atoms with van der Waals surface area (Å²) in [4.78, 5) is 20.2. The molecule has 0 saturated heterocycles. The maximum absolute atomic E-state index is 5.71. The summed E-state index contributed by atoms with van der Waals surface area (Å²) in [5.41, 5.74) is 6.77. The topological polar surface area (TPSA) is 120 Å². The number of nitrogens with zero attached hydrogens (tertiary/aromatic N) is 7. The van der Waals surface area contributed by atoms with Crippen LogP contribution in [0.4, 0.5) is 11.9 Å². The summed E-state index contributed by atoms with van der Waals surface area (Å²) in [5, 5.41) is 7.14. The number of rotatable bonds is 4. The van der Waals surface area contributed by atoms with Crippen molar-refractivity contribution in [2.24, 2.45) is 0 Å². The van der Waals surface area contributed by atoms with Crippen molar-refractivity contribution in [3.63, 3.8) is 0 Å². The molecule has 9 heteroatoms. The second-order valence-electron chi connectivity index (χ2n) is 4.30. The van der Waals surface area contributed by atoms with Crippen molar-refractivity contribution in [2.75, 3.05) is 11.1 Å².